The van der Waals surface area contributed by atoms with Crippen LogP contribution in [0.3, 0.4) is 0 Å². The fraction of sp³-hybridized carbons (Fsp3) is 0.200. The zero-order valence-electron chi connectivity index (χ0n) is 8.23. The maximum absolute atomic E-state index is 11.3. The Morgan fingerprint density at radius 2 is 2.07 bits per heavy atom. The van der Waals surface area contributed by atoms with E-state index in [1.54, 1.807) is 19.3 Å². The van der Waals surface area contributed by atoms with Gasteiger partial charge in [0.15, 0.2) is 6.10 Å². The number of carbonyl (C=O) groups is 1. The number of amides is 1. The Morgan fingerprint density at radius 1 is 1.36 bits per heavy atom. The van der Waals surface area contributed by atoms with Gasteiger partial charge in [0, 0.05) is 34.8 Å². The van der Waals surface area contributed by atoms with Crippen LogP contribution in [-0.2, 0) is 9.53 Å². The molecule has 0 aliphatic carbocycles. The van der Waals surface area contributed by atoms with Crippen molar-refractivity contribution >= 4 is 41.7 Å². The largest absolute Gasteiger partial charge is 0.488 e. The first-order valence-corrected chi connectivity index (χ1v) is 4.10. The van der Waals surface area contributed by atoms with Crippen molar-refractivity contribution in [2.24, 2.45) is 4.99 Å². The molecule has 0 bridgehead atoms. The van der Waals surface area contributed by atoms with Gasteiger partial charge in [0.1, 0.15) is 0 Å². The van der Waals surface area contributed by atoms with Gasteiger partial charge in [-0.25, -0.2) is 4.99 Å². The Hall–Kier alpha value is -0.640. The second-order valence-electron chi connectivity index (χ2n) is 2.91. The van der Waals surface area contributed by atoms with Crippen molar-refractivity contribution in [2.45, 2.75) is 13.0 Å². The van der Waals surface area contributed by atoms with Crippen LogP contribution in [0.2, 0.25) is 0 Å². The molecule has 0 saturated carbocycles. The average molecular weight is 198 g/mol. The fourth-order valence-electron chi connectivity index (χ4n) is 1.13. The van der Waals surface area contributed by atoms with Crippen molar-refractivity contribution < 1.29 is 9.53 Å². The molecular formula is C10H9NNaO2. The normalized spacial score (nSPS) is 18.9. The molecule has 1 aromatic rings. The minimum atomic E-state index is -0.479. The molecule has 14 heavy (non-hydrogen) atoms. The number of benzene rings is 1. The summed E-state index contributed by atoms with van der Waals surface area (Å²) in [7, 11) is 0. The van der Waals surface area contributed by atoms with Crippen LogP contribution in [-0.4, -0.2) is 41.6 Å². The van der Waals surface area contributed by atoms with Gasteiger partial charge in [0.05, 0.1) is 11.6 Å². The minimum absolute atomic E-state index is 0. The van der Waals surface area contributed by atoms with Gasteiger partial charge in [-0.15, -0.1) is 0 Å². The molecule has 3 nitrogen and oxygen atoms in total. The Kier molecular flexibility index (Phi) is 3.86. The van der Waals surface area contributed by atoms with Gasteiger partial charge in [-0.05, 0) is 19.1 Å². The molecule has 0 fully saturated rings. The molecule has 4 heteroatoms. The molecule has 0 saturated heterocycles. The maximum Gasteiger partial charge on any atom is 0.286 e. The van der Waals surface area contributed by atoms with Crippen molar-refractivity contribution in [3.05, 3.63) is 34.8 Å². The molecular weight excluding hydrogens is 189 g/mol. The van der Waals surface area contributed by atoms with Crippen LogP contribution in [0.1, 0.15) is 6.92 Å². The van der Waals surface area contributed by atoms with Gasteiger partial charge in [0.2, 0.25) is 0 Å². The summed E-state index contributed by atoms with van der Waals surface area (Å²) in [6.07, 6.45) is 1.10. The molecule has 1 aromatic carbocycles. The first-order chi connectivity index (χ1) is 6.27. The summed E-state index contributed by atoms with van der Waals surface area (Å²) in [5, 5.41) is 1.53. The molecule has 2 rings (SSSR count). The zero-order valence-corrected chi connectivity index (χ0v) is 10.2. The van der Waals surface area contributed by atoms with E-state index in [9.17, 15) is 4.79 Å². The third-order valence-electron chi connectivity index (χ3n) is 1.91. The number of hydrogen-bond donors (Lipinski definition) is 0. The topological polar surface area (TPSA) is 38.7 Å². The number of ether oxygens (including phenoxy) is 1. The maximum atomic E-state index is 11.3. The van der Waals surface area contributed by atoms with Gasteiger partial charge in [-0.1, -0.05) is 12.1 Å². The molecule has 0 spiro atoms. The summed E-state index contributed by atoms with van der Waals surface area (Å²) in [4.78, 5) is 15.2. The van der Waals surface area contributed by atoms with Crippen LogP contribution >= 0.6 is 0 Å². The van der Waals surface area contributed by atoms with E-state index in [2.05, 4.69) is 4.99 Å². The van der Waals surface area contributed by atoms with E-state index in [4.69, 9.17) is 4.74 Å². The summed E-state index contributed by atoms with van der Waals surface area (Å²) < 4.78 is 5.17. The Morgan fingerprint density at radius 3 is 2.86 bits per heavy atom. The summed E-state index contributed by atoms with van der Waals surface area (Å²) in [6, 6.07) is 7.39. The number of rotatable bonds is 0. The summed E-state index contributed by atoms with van der Waals surface area (Å²) in [5.41, 5.74) is 0. The minimum Gasteiger partial charge on any atom is -0.488 e. The molecule has 1 heterocycles. The molecule has 0 aromatic heterocycles. The van der Waals surface area contributed by atoms with Crippen molar-refractivity contribution in [2.75, 3.05) is 0 Å². The third kappa shape index (κ3) is 2.23. The molecule has 0 N–H and O–H groups in total. The number of nitrogens with zero attached hydrogens (tertiary/aromatic N) is 1. The van der Waals surface area contributed by atoms with Gasteiger partial charge >= 0.3 is 0 Å². The average Bonchev–Trinajstić information content (AvgIpc) is 2.28. The van der Waals surface area contributed by atoms with E-state index < -0.39 is 6.10 Å². The van der Waals surface area contributed by atoms with Crippen LogP contribution in [0.4, 0.5) is 0 Å². The quantitative estimate of drug-likeness (QED) is 0.532. The standard InChI is InChI=1S/C10H9NO2.Na/c1-7-10(12)11-9-5-3-2-4-8(9)6-13-7;/h2-7H,1H3;. The van der Waals surface area contributed by atoms with Gasteiger partial charge in [-0.2, -0.15) is 0 Å². The summed E-state index contributed by atoms with van der Waals surface area (Å²) in [6.45, 7) is 1.69. The van der Waals surface area contributed by atoms with Gasteiger partial charge in [-0.3, -0.25) is 4.79 Å². The molecule has 1 aliphatic rings. The van der Waals surface area contributed by atoms with Crippen LogP contribution < -0.4 is 10.6 Å². The number of hydrogen-bond acceptors (Lipinski definition) is 2. The van der Waals surface area contributed by atoms with E-state index in [1.807, 2.05) is 18.2 Å². The van der Waals surface area contributed by atoms with Gasteiger partial charge in [0.25, 0.3) is 5.91 Å². The summed E-state index contributed by atoms with van der Waals surface area (Å²) >= 11 is 0. The number of fused-ring (bicyclic) bond motifs is 1. The second-order valence-corrected chi connectivity index (χ2v) is 2.91. The van der Waals surface area contributed by atoms with Crippen LogP contribution in [0.15, 0.2) is 29.3 Å². The van der Waals surface area contributed by atoms with Crippen LogP contribution in [0.5, 0.6) is 0 Å². The van der Waals surface area contributed by atoms with E-state index in [0.29, 0.717) is 5.36 Å². The third-order valence-corrected chi connectivity index (χ3v) is 1.91. The zero-order chi connectivity index (χ0) is 9.26. The Balaban J connectivity index is 0.000000980. The van der Waals surface area contributed by atoms with Crippen molar-refractivity contribution in [1.29, 1.82) is 0 Å². The monoisotopic (exact) mass is 198 g/mol. The van der Waals surface area contributed by atoms with Crippen molar-refractivity contribution in [3.8, 4) is 0 Å². The molecule has 67 valence electrons. The van der Waals surface area contributed by atoms with Crippen LogP contribution in [0, 0.1) is 0 Å². The SMILES string of the molecule is CC1OC=c2ccccc2=NC1=O.[Na]. The molecule has 1 amide bonds. The van der Waals surface area contributed by atoms with E-state index in [-0.39, 0.29) is 35.5 Å². The van der Waals surface area contributed by atoms with Crippen molar-refractivity contribution in [1.82, 2.24) is 0 Å². The molecule has 1 radical (unpaired) electrons. The van der Waals surface area contributed by atoms with Crippen molar-refractivity contribution in [3.63, 3.8) is 0 Å². The predicted octanol–water partition coefficient (Wildman–Crippen LogP) is -0.391. The van der Waals surface area contributed by atoms with E-state index >= 15 is 0 Å². The number of carbonyl (C=O) groups excluding carboxylic acids is 1. The molecule has 1 aliphatic heterocycles. The van der Waals surface area contributed by atoms with Gasteiger partial charge < -0.3 is 4.74 Å². The van der Waals surface area contributed by atoms with E-state index in [1.165, 1.54) is 0 Å². The predicted molar refractivity (Wildman–Crippen MR) is 53.0 cm³/mol. The number of para-hydroxylation sites is 1. The van der Waals surface area contributed by atoms with E-state index in [0.717, 1.165) is 5.22 Å². The Bertz CT molecular complexity index is 455. The first-order valence-electron chi connectivity index (χ1n) is 4.10. The molecule has 1 unspecified atom stereocenters. The Labute approximate surface area is 104 Å². The smallest absolute Gasteiger partial charge is 0.286 e. The fourth-order valence-corrected chi connectivity index (χ4v) is 1.13. The van der Waals surface area contributed by atoms with Crippen LogP contribution in [0.25, 0.3) is 6.26 Å². The second kappa shape index (κ2) is 4.73. The molecule has 1 atom stereocenters. The first kappa shape index (κ1) is 11.4. The summed E-state index contributed by atoms with van der Waals surface area (Å²) in [5.74, 6) is -0.235.